The van der Waals surface area contributed by atoms with Crippen LogP contribution in [0, 0.1) is 12.8 Å². The summed E-state index contributed by atoms with van der Waals surface area (Å²) < 4.78 is 26.6. The van der Waals surface area contributed by atoms with Crippen molar-refractivity contribution < 1.29 is 8.78 Å². The Morgan fingerprint density at radius 1 is 1.11 bits per heavy atom. The molecule has 4 rings (SSSR count). The van der Waals surface area contributed by atoms with E-state index in [2.05, 4.69) is 20.6 Å². The third-order valence-corrected chi connectivity index (χ3v) is 6.31. The molecule has 0 saturated heterocycles. The van der Waals surface area contributed by atoms with Gasteiger partial charge in [0.1, 0.15) is 11.6 Å². The number of halogens is 3. The molecular formula is C21H27ClF2N4. The fourth-order valence-electron chi connectivity index (χ4n) is 4.46. The molecule has 28 heavy (non-hydrogen) atoms. The van der Waals surface area contributed by atoms with Gasteiger partial charge in [-0.05, 0) is 69.7 Å². The predicted octanol–water partition coefficient (Wildman–Crippen LogP) is 5.34. The number of nitrogens with zero attached hydrogens (tertiary/aromatic N) is 2. The molecule has 1 heterocycles. The van der Waals surface area contributed by atoms with Crippen molar-refractivity contribution in [3.8, 4) is 0 Å². The summed E-state index contributed by atoms with van der Waals surface area (Å²) in [6, 6.07) is 6.44. The van der Waals surface area contributed by atoms with Gasteiger partial charge < -0.3 is 10.6 Å². The molecule has 1 aromatic heterocycles. The van der Waals surface area contributed by atoms with Crippen LogP contribution in [0.15, 0.2) is 18.2 Å². The second kappa shape index (κ2) is 8.07. The molecule has 152 valence electrons. The van der Waals surface area contributed by atoms with E-state index in [1.54, 1.807) is 0 Å². The van der Waals surface area contributed by atoms with Crippen LogP contribution >= 0.6 is 11.6 Å². The lowest BCUT2D eigenvalue weighted by Gasteiger charge is -2.29. The number of aryl methyl sites for hydroxylation is 1. The first kappa shape index (κ1) is 19.8. The molecule has 2 aromatic rings. The van der Waals surface area contributed by atoms with Crippen molar-refractivity contribution in [3.05, 3.63) is 29.0 Å². The Morgan fingerprint density at radius 2 is 1.86 bits per heavy atom. The van der Waals surface area contributed by atoms with Gasteiger partial charge >= 0.3 is 0 Å². The van der Waals surface area contributed by atoms with E-state index in [0.29, 0.717) is 35.9 Å². The van der Waals surface area contributed by atoms with Crippen molar-refractivity contribution in [1.29, 1.82) is 0 Å². The predicted molar refractivity (Wildman–Crippen MR) is 109 cm³/mol. The van der Waals surface area contributed by atoms with Gasteiger partial charge in [-0.1, -0.05) is 11.6 Å². The first-order chi connectivity index (χ1) is 13.4. The largest absolute Gasteiger partial charge is 0.367 e. The summed E-state index contributed by atoms with van der Waals surface area (Å²) in [6.45, 7) is 2.74. The zero-order valence-corrected chi connectivity index (χ0v) is 16.9. The van der Waals surface area contributed by atoms with Gasteiger partial charge in [0.25, 0.3) is 0 Å². The number of nitrogens with one attached hydrogen (secondary N) is 2. The zero-order chi connectivity index (χ0) is 19.7. The van der Waals surface area contributed by atoms with E-state index in [4.69, 9.17) is 11.6 Å². The van der Waals surface area contributed by atoms with Gasteiger partial charge in [-0.15, -0.1) is 0 Å². The second-order valence-electron chi connectivity index (χ2n) is 8.34. The first-order valence-electron chi connectivity index (χ1n) is 10.2. The van der Waals surface area contributed by atoms with Gasteiger partial charge in [-0.25, -0.2) is 18.7 Å². The minimum absolute atomic E-state index is 0.0386. The van der Waals surface area contributed by atoms with Gasteiger partial charge in [0.05, 0.1) is 5.52 Å². The van der Waals surface area contributed by atoms with Gasteiger partial charge in [0, 0.05) is 35.3 Å². The summed E-state index contributed by atoms with van der Waals surface area (Å²) in [6.07, 6.45) is 4.49. The molecule has 2 saturated carbocycles. The molecule has 0 bridgehead atoms. The molecule has 2 fully saturated rings. The maximum atomic E-state index is 13.3. The standard InChI is InChI=1S/C21H27ClF2N4/c1-13-26-19-5-2-15(22)10-18(19)20(27-13)28-17-4-3-16(11-17)25-12-14-6-8-21(23,24)9-7-14/h2,5,10,14,16-17,25H,3-4,6-9,11-12H2,1H3,(H,26,27,28)/t16-,17-/m0/s1. The molecule has 2 N–H and O–H groups in total. The summed E-state index contributed by atoms with van der Waals surface area (Å²) in [7, 11) is 0. The number of hydrogen-bond acceptors (Lipinski definition) is 4. The molecule has 2 aliphatic carbocycles. The lowest BCUT2D eigenvalue weighted by Crippen LogP contribution is -2.35. The van der Waals surface area contributed by atoms with Gasteiger partial charge in [-0.3, -0.25) is 0 Å². The third kappa shape index (κ3) is 4.71. The molecule has 0 aliphatic heterocycles. The Hall–Kier alpha value is -1.53. The number of benzene rings is 1. The van der Waals surface area contributed by atoms with Crippen LogP contribution < -0.4 is 10.6 Å². The Balaban J connectivity index is 1.33. The lowest BCUT2D eigenvalue weighted by molar-refractivity contribution is -0.0456. The monoisotopic (exact) mass is 408 g/mol. The Labute approximate surface area is 169 Å². The number of hydrogen-bond donors (Lipinski definition) is 2. The molecule has 0 amide bonds. The lowest BCUT2D eigenvalue weighted by atomic mass is 9.86. The van der Waals surface area contributed by atoms with Crippen LogP contribution in [0.25, 0.3) is 10.9 Å². The van der Waals surface area contributed by atoms with Crippen molar-refractivity contribution >= 4 is 28.3 Å². The van der Waals surface area contributed by atoms with Crippen LogP contribution in [0.1, 0.15) is 50.8 Å². The van der Waals surface area contributed by atoms with Crippen LogP contribution in [0.4, 0.5) is 14.6 Å². The van der Waals surface area contributed by atoms with E-state index in [1.807, 2.05) is 25.1 Å². The molecule has 0 unspecified atom stereocenters. The molecule has 2 atom stereocenters. The highest BCUT2D eigenvalue weighted by Gasteiger charge is 2.35. The molecule has 7 heteroatoms. The molecule has 0 spiro atoms. The van der Waals surface area contributed by atoms with Crippen molar-refractivity contribution in [2.75, 3.05) is 11.9 Å². The molecule has 0 radical (unpaired) electrons. The maximum absolute atomic E-state index is 13.3. The van der Waals surface area contributed by atoms with Gasteiger partial charge in [0.2, 0.25) is 5.92 Å². The Kier molecular flexibility index (Phi) is 5.70. The Morgan fingerprint density at radius 3 is 2.64 bits per heavy atom. The van der Waals surface area contributed by atoms with Crippen molar-refractivity contribution in [2.45, 2.75) is 69.9 Å². The summed E-state index contributed by atoms with van der Waals surface area (Å²) in [4.78, 5) is 9.07. The van der Waals surface area contributed by atoms with Crippen molar-refractivity contribution in [3.63, 3.8) is 0 Å². The average molecular weight is 409 g/mol. The quantitative estimate of drug-likeness (QED) is 0.701. The van der Waals surface area contributed by atoms with Crippen LogP contribution in [0.5, 0.6) is 0 Å². The molecule has 4 nitrogen and oxygen atoms in total. The van der Waals surface area contributed by atoms with E-state index in [9.17, 15) is 8.78 Å². The number of alkyl halides is 2. The van der Waals surface area contributed by atoms with Crippen LogP contribution in [0.3, 0.4) is 0 Å². The first-order valence-corrected chi connectivity index (χ1v) is 10.6. The fraction of sp³-hybridized carbons (Fsp3) is 0.619. The van der Waals surface area contributed by atoms with E-state index in [1.165, 1.54) is 0 Å². The number of anilines is 1. The normalized spacial score (nSPS) is 25.3. The van der Waals surface area contributed by atoms with Crippen LogP contribution in [-0.4, -0.2) is 34.5 Å². The molecule has 1 aromatic carbocycles. The van der Waals surface area contributed by atoms with E-state index >= 15 is 0 Å². The fourth-order valence-corrected chi connectivity index (χ4v) is 4.63. The summed E-state index contributed by atoms with van der Waals surface area (Å²) in [5.74, 6) is -0.494. The SMILES string of the molecule is Cc1nc(N[C@H]2CC[C@H](NCC3CCC(F)(F)CC3)C2)c2cc(Cl)ccc2n1. The van der Waals surface area contributed by atoms with Crippen molar-refractivity contribution in [1.82, 2.24) is 15.3 Å². The van der Waals surface area contributed by atoms with E-state index in [0.717, 1.165) is 48.4 Å². The third-order valence-electron chi connectivity index (χ3n) is 6.07. The smallest absolute Gasteiger partial charge is 0.248 e. The minimum Gasteiger partial charge on any atom is -0.367 e. The number of aromatic nitrogens is 2. The topological polar surface area (TPSA) is 49.8 Å². The van der Waals surface area contributed by atoms with E-state index in [-0.39, 0.29) is 12.8 Å². The summed E-state index contributed by atoms with van der Waals surface area (Å²) in [5.41, 5.74) is 0.890. The summed E-state index contributed by atoms with van der Waals surface area (Å²) in [5, 5.41) is 8.81. The average Bonchev–Trinajstić information content (AvgIpc) is 3.09. The number of fused-ring (bicyclic) bond motifs is 1. The van der Waals surface area contributed by atoms with Gasteiger partial charge in [-0.2, -0.15) is 0 Å². The highest BCUT2D eigenvalue weighted by molar-refractivity contribution is 6.31. The highest BCUT2D eigenvalue weighted by Crippen LogP contribution is 2.36. The zero-order valence-electron chi connectivity index (χ0n) is 16.1. The van der Waals surface area contributed by atoms with E-state index < -0.39 is 5.92 Å². The molecule has 2 aliphatic rings. The second-order valence-corrected chi connectivity index (χ2v) is 8.78. The minimum atomic E-state index is -2.44. The highest BCUT2D eigenvalue weighted by atomic mass is 35.5. The van der Waals surface area contributed by atoms with Crippen molar-refractivity contribution in [2.24, 2.45) is 5.92 Å². The summed E-state index contributed by atoms with van der Waals surface area (Å²) >= 11 is 6.16. The van der Waals surface area contributed by atoms with Crippen LogP contribution in [0.2, 0.25) is 5.02 Å². The number of rotatable bonds is 5. The van der Waals surface area contributed by atoms with Crippen LogP contribution in [-0.2, 0) is 0 Å². The Bertz CT molecular complexity index is 835. The molecular weight excluding hydrogens is 382 g/mol. The maximum Gasteiger partial charge on any atom is 0.248 e. The van der Waals surface area contributed by atoms with Gasteiger partial charge in [0.15, 0.2) is 0 Å².